The van der Waals surface area contributed by atoms with Crippen LogP contribution in [0.2, 0.25) is 0 Å². The first-order valence-electron chi connectivity index (χ1n) is 6.55. The minimum absolute atomic E-state index is 0.0180. The summed E-state index contributed by atoms with van der Waals surface area (Å²) in [4.78, 5) is 13.4. The second-order valence-electron chi connectivity index (χ2n) is 4.63. The van der Waals surface area contributed by atoms with Crippen LogP contribution in [0.5, 0.6) is 5.75 Å². The fraction of sp³-hybridized carbons (Fsp3) is 0.467. The number of halogens is 1. The van der Waals surface area contributed by atoms with Gasteiger partial charge < -0.3 is 9.64 Å². The van der Waals surface area contributed by atoms with Gasteiger partial charge in [0.05, 0.1) is 19.1 Å². The Bertz CT molecular complexity index is 485. The molecule has 0 saturated heterocycles. The van der Waals surface area contributed by atoms with Crippen molar-refractivity contribution in [1.29, 1.82) is 5.26 Å². The fourth-order valence-electron chi connectivity index (χ4n) is 1.66. The molecule has 0 saturated carbocycles. The molecule has 0 aliphatic carbocycles. The summed E-state index contributed by atoms with van der Waals surface area (Å²) in [6.45, 7) is 2.19. The van der Waals surface area contributed by atoms with E-state index in [0.29, 0.717) is 31.6 Å². The van der Waals surface area contributed by atoms with E-state index in [1.165, 1.54) is 12.1 Å². The maximum Gasteiger partial charge on any atom is 0.222 e. The fourth-order valence-corrected chi connectivity index (χ4v) is 1.66. The number of ether oxygens (including phenoxy) is 1. The summed E-state index contributed by atoms with van der Waals surface area (Å²) < 4.78 is 18.3. The number of hydrogen-bond donors (Lipinski definition) is 0. The lowest BCUT2D eigenvalue weighted by Crippen LogP contribution is -2.34. The molecule has 1 amide bonds. The first-order chi connectivity index (χ1) is 9.54. The van der Waals surface area contributed by atoms with Crippen LogP contribution < -0.4 is 4.74 Å². The van der Waals surface area contributed by atoms with Gasteiger partial charge in [0, 0.05) is 25.6 Å². The highest BCUT2D eigenvalue weighted by molar-refractivity contribution is 5.76. The van der Waals surface area contributed by atoms with Gasteiger partial charge in [-0.2, -0.15) is 5.26 Å². The Balaban J connectivity index is 2.27. The van der Waals surface area contributed by atoms with Crippen molar-refractivity contribution in [3.8, 4) is 11.8 Å². The summed E-state index contributed by atoms with van der Waals surface area (Å²) in [5.74, 6) is 0.0999. The van der Waals surface area contributed by atoms with Gasteiger partial charge in [-0.15, -0.1) is 0 Å². The molecule has 1 aromatic carbocycles. The Labute approximate surface area is 118 Å². The highest BCUT2D eigenvalue weighted by Gasteiger charge is 2.14. The van der Waals surface area contributed by atoms with Gasteiger partial charge in [0.15, 0.2) is 0 Å². The maximum absolute atomic E-state index is 12.9. The monoisotopic (exact) mass is 278 g/mol. The molecule has 1 rings (SSSR count). The summed E-state index contributed by atoms with van der Waals surface area (Å²) >= 11 is 0. The Morgan fingerprint density at radius 2 is 2.30 bits per heavy atom. The van der Waals surface area contributed by atoms with Crippen molar-refractivity contribution in [2.75, 3.05) is 13.7 Å². The van der Waals surface area contributed by atoms with Crippen LogP contribution in [0, 0.1) is 17.1 Å². The van der Waals surface area contributed by atoms with Crippen molar-refractivity contribution in [1.82, 2.24) is 4.90 Å². The number of carbonyl (C=O) groups is 1. The Kier molecular flexibility index (Phi) is 6.51. The third-order valence-corrected chi connectivity index (χ3v) is 3.04. The number of nitriles is 1. The Morgan fingerprint density at radius 3 is 2.95 bits per heavy atom. The van der Waals surface area contributed by atoms with E-state index in [1.54, 1.807) is 24.1 Å². The third-order valence-electron chi connectivity index (χ3n) is 3.04. The molecule has 108 valence electrons. The minimum atomic E-state index is -0.344. The zero-order valence-electron chi connectivity index (χ0n) is 11.8. The molecular formula is C15H19FN2O2. The molecular weight excluding hydrogens is 259 g/mol. The number of benzene rings is 1. The lowest BCUT2D eigenvalue weighted by Gasteiger charge is -2.22. The predicted molar refractivity (Wildman–Crippen MR) is 73.6 cm³/mol. The SMILES string of the molecule is CC(CC#N)N(C)C(=O)CCCOc1cccc(F)c1. The van der Waals surface area contributed by atoms with Gasteiger partial charge in [0.2, 0.25) is 5.91 Å². The molecule has 0 aliphatic rings. The minimum Gasteiger partial charge on any atom is -0.493 e. The molecule has 1 atom stereocenters. The quantitative estimate of drug-likeness (QED) is 0.721. The first kappa shape index (κ1) is 16.0. The van der Waals surface area contributed by atoms with Crippen LogP contribution in [-0.4, -0.2) is 30.5 Å². The molecule has 1 aromatic rings. The summed E-state index contributed by atoms with van der Waals surface area (Å²) in [6, 6.07) is 7.86. The molecule has 5 heteroatoms. The number of carbonyl (C=O) groups excluding carboxylic acids is 1. The topological polar surface area (TPSA) is 53.3 Å². The van der Waals surface area contributed by atoms with Crippen LogP contribution in [0.3, 0.4) is 0 Å². The second-order valence-corrected chi connectivity index (χ2v) is 4.63. The van der Waals surface area contributed by atoms with E-state index in [2.05, 4.69) is 0 Å². The summed E-state index contributed by atoms with van der Waals surface area (Å²) in [7, 11) is 1.69. The second kappa shape index (κ2) is 8.16. The van der Waals surface area contributed by atoms with E-state index >= 15 is 0 Å². The lowest BCUT2D eigenvalue weighted by molar-refractivity contribution is -0.131. The van der Waals surface area contributed by atoms with E-state index in [-0.39, 0.29) is 17.8 Å². The van der Waals surface area contributed by atoms with E-state index in [0.717, 1.165) is 0 Å². The van der Waals surface area contributed by atoms with Crippen LogP contribution in [0.25, 0.3) is 0 Å². The Hall–Kier alpha value is -2.09. The molecule has 0 radical (unpaired) electrons. The van der Waals surface area contributed by atoms with E-state index in [1.807, 2.05) is 13.0 Å². The van der Waals surface area contributed by atoms with Gasteiger partial charge in [0.1, 0.15) is 11.6 Å². The molecule has 0 bridgehead atoms. The highest BCUT2D eigenvalue weighted by atomic mass is 19.1. The molecule has 0 spiro atoms. The molecule has 0 aromatic heterocycles. The normalized spacial score (nSPS) is 11.5. The Morgan fingerprint density at radius 1 is 1.55 bits per heavy atom. The standard InChI is InChI=1S/C15H19FN2O2/c1-12(8-9-17)18(2)15(19)7-4-10-20-14-6-3-5-13(16)11-14/h3,5-6,11-12H,4,7-8,10H2,1-2H3. The highest BCUT2D eigenvalue weighted by Crippen LogP contribution is 2.12. The number of hydrogen-bond acceptors (Lipinski definition) is 3. The molecule has 4 nitrogen and oxygen atoms in total. The molecule has 0 N–H and O–H groups in total. The first-order valence-corrected chi connectivity index (χ1v) is 6.55. The van der Waals surface area contributed by atoms with Crippen LogP contribution in [0.4, 0.5) is 4.39 Å². The van der Waals surface area contributed by atoms with Crippen molar-refractivity contribution in [3.63, 3.8) is 0 Å². The van der Waals surface area contributed by atoms with E-state index < -0.39 is 0 Å². The largest absolute Gasteiger partial charge is 0.493 e. The van der Waals surface area contributed by atoms with Crippen molar-refractivity contribution in [2.45, 2.75) is 32.2 Å². The summed E-state index contributed by atoms with van der Waals surface area (Å²) in [5.41, 5.74) is 0. The molecule has 0 fully saturated rings. The molecule has 0 aliphatic heterocycles. The molecule has 20 heavy (non-hydrogen) atoms. The van der Waals surface area contributed by atoms with E-state index in [4.69, 9.17) is 10.00 Å². The van der Waals surface area contributed by atoms with Gasteiger partial charge >= 0.3 is 0 Å². The smallest absolute Gasteiger partial charge is 0.222 e. The van der Waals surface area contributed by atoms with Crippen LogP contribution in [0.1, 0.15) is 26.2 Å². The summed E-state index contributed by atoms with van der Waals surface area (Å²) in [6.07, 6.45) is 1.22. The van der Waals surface area contributed by atoms with Gasteiger partial charge in [-0.3, -0.25) is 4.79 Å². The van der Waals surface area contributed by atoms with Crippen LogP contribution >= 0.6 is 0 Å². The van der Waals surface area contributed by atoms with Crippen molar-refractivity contribution >= 4 is 5.91 Å². The zero-order valence-corrected chi connectivity index (χ0v) is 11.8. The summed E-state index contributed by atoms with van der Waals surface area (Å²) in [5, 5.41) is 8.59. The molecule has 0 heterocycles. The van der Waals surface area contributed by atoms with Gasteiger partial charge in [0.25, 0.3) is 0 Å². The van der Waals surface area contributed by atoms with Crippen molar-refractivity contribution in [2.24, 2.45) is 0 Å². The third kappa shape index (κ3) is 5.27. The van der Waals surface area contributed by atoms with Gasteiger partial charge in [-0.05, 0) is 25.5 Å². The average molecular weight is 278 g/mol. The molecule has 1 unspecified atom stereocenters. The lowest BCUT2D eigenvalue weighted by atomic mass is 10.2. The van der Waals surface area contributed by atoms with Gasteiger partial charge in [-0.25, -0.2) is 4.39 Å². The van der Waals surface area contributed by atoms with Gasteiger partial charge in [-0.1, -0.05) is 6.07 Å². The zero-order chi connectivity index (χ0) is 15.0. The number of rotatable bonds is 7. The van der Waals surface area contributed by atoms with Crippen LogP contribution in [-0.2, 0) is 4.79 Å². The predicted octanol–water partition coefficient (Wildman–Crippen LogP) is 2.75. The number of nitrogens with zero attached hydrogens (tertiary/aromatic N) is 2. The van der Waals surface area contributed by atoms with Crippen molar-refractivity contribution in [3.05, 3.63) is 30.1 Å². The average Bonchev–Trinajstić information content (AvgIpc) is 2.43. The maximum atomic E-state index is 12.9. The van der Waals surface area contributed by atoms with E-state index in [9.17, 15) is 9.18 Å². The van der Waals surface area contributed by atoms with Crippen molar-refractivity contribution < 1.29 is 13.9 Å². The van der Waals surface area contributed by atoms with Crippen LogP contribution in [0.15, 0.2) is 24.3 Å². The number of amides is 1.